The van der Waals surface area contributed by atoms with Gasteiger partial charge in [-0.2, -0.15) is 0 Å². The molecule has 2 amide bonds. The van der Waals surface area contributed by atoms with Crippen LogP contribution in [0.15, 0.2) is 70.6 Å². The summed E-state index contributed by atoms with van der Waals surface area (Å²) in [6.07, 6.45) is 0. The van der Waals surface area contributed by atoms with Gasteiger partial charge in [-0.3, -0.25) is 19.0 Å². The number of fused-ring (bicyclic) bond motifs is 3. The van der Waals surface area contributed by atoms with E-state index in [9.17, 15) is 22.8 Å². The van der Waals surface area contributed by atoms with Gasteiger partial charge in [-0.1, -0.05) is 60.7 Å². The molecule has 194 valence electrons. The fourth-order valence-corrected chi connectivity index (χ4v) is 6.58. The minimum atomic E-state index is -4.31. The Morgan fingerprint density at radius 1 is 1.00 bits per heavy atom. The van der Waals surface area contributed by atoms with Gasteiger partial charge in [-0.05, 0) is 23.6 Å². The van der Waals surface area contributed by atoms with Crippen molar-refractivity contribution in [3.05, 3.63) is 92.6 Å². The van der Waals surface area contributed by atoms with Crippen LogP contribution in [0, 0.1) is 6.92 Å². The fourth-order valence-electron chi connectivity index (χ4n) is 4.18. The summed E-state index contributed by atoms with van der Waals surface area (Å²) >= 11 is 0.882. The number of nitrogens with zero attached hydrogens (tertiary/aromatic N) is 4. The number of carbonyl (C=O) groups is 2. The van der Waals surface area contributed by atoms with Crippen LogP contribution >= 0.6 is 11.3 Å². The predicted molar refractivity (Wildman–Crippen MR) is 142 cm³/mol. The van der Waals surface area contributed by atoms with Crippen LogP contribution in [-0.4, -0.2) is 45.2 Å². The lowest BCUT2D eigenvalue weighted by Crippen LogP contribution is -2.31. The molecule has 38 heavy (non-hydrogen) atoms. The highest BCUT2D eigenvalue weighted by atomic mass is 32.2. The number of nitrogens with one attached hydrogen (secondary N) is 1. The average molecular weight is 551 g/mol. The van der Waals surface area contributed by atoms with E-state index in [1.54, 1.807) is 19.1 Å². The van der Waals surface area contributed by atoms with Crippen LogP contribution < -0.4 is 16.6 Å². The Kier molecular flexibility index (Phi) is 6.55. The highest BCUT2D eigenvalue weighted by molar-refractivity contribution is 7.92. The zero-order chi connectivity index (χ0) is 27.0. The third-order valence-corrected chi connectivity index (χ3v) is 8.74. The number of aromatic nitrogens is 4. The van der Waals surface area contributed by atoms with Gasteiger partial charge in [0.25, 0.3) is 16.6 Å². The fraction of sp³-hybridized carbons (Fsp3) is 0.160. The lowest BCUT2D eigenvalue weighted by Gasteiger charge is -2.10. The van der Waals surface area contributed by atoms with Gasteiger partial charge in [0.15, 0.2) is 0 Å². The largest absolute Gasteiger partial charge is 0.365 e. The Labute approximate surface area is 220 Å². The van der Waals surface area contributed by atoms with Gasteiger partial charge < -0.3 is 11.1 Å². The van der Waals surface area contributed by atoms with Crippen LogP contribution in [0.5, 0.6) is 0 Å². The van der Waals surface area contributed by atoms with Crippen LogP contribution in [0.2, 0.25) is 0 Å². The summed E-state index contributed by atoms with van der Waals surface area (Å²) in [6, 6.07) is 18.1. The molecule has 0 aliphatic carbocycles. The molecule has 0 saturated carbocycles. The molecule has 3 N–H and O–H groups in total. The molecule has 0 bridgehead atoms. The highest BCUT2D eigenvalue weighted by Gasteiger charge is 2.30. The van der Waals surface area contributed by atoms with Crippen molar-refractivity contribution in [1.82, 2.24) is 24.5 Å². The third-order valence-electron chi connectivity index (χ3n) is 5.99. The van der Waals surface area contributed by atoms with Crippen molar-refractivity contribution in [2.45, 2.75) is 25.2 Å². The van der Waals surface area contributed by atoms with E-state index in [0.717, 1.165) is 22.5 Å². The summed E-state index contributed by atoms with van der Waals surface area (Å²) in [4.78, 5) is 38.5. The number of sulfone groups is 1. The third kappa shape index (κ3) is 4.57. The number of carbonyl (C=O) groups excluding carboxylic acids is 2. The number of thiophene rings is 1. The number of amides is 2. The summed E-state index contributed by atoms with van der Waals surface area (Å²) in [6.45, 7) is 1.81. The van der Waals surface area contributed by atoms with E-state index in [1.807, 2.05) is 48.5 Å². The number of primary amides is 1. The minimum absolute atomic E-state index is 0.0353. The molecule has 0 spiro atoms. The molecule has 3 heterocycles. The van der Waals surface area contributed by atoms with E-state index in [-0.39, 0.29) is 34.0 Å². The number of hydrogen-bond donors (Lipinski definition) is 2. The van der Waals surface area contributed by atoms with E-state index < -0.39 is 38.1 Å². The van der Waals surface area contributed by atoms with Crippen molar-refractivity contribution in [1.29, 1.82) is 0 Å². The zero-order valence-electron chi connectivity index (χ0n) is 20.1. The van der Waals surface area contributed by atoms with Crippen molar-refractivity contribution in [3.63, 3.8) is 0 Å². The zero-order valence-corrected chi connectivity index (χ0v) is 21.8. The highest BCUT2D eigenvalue weighted by Crippen LogP contribution is 2.30. The molecule has 0 unspecified atom stereocenters. The molecule has 5 aromatic rings. The Morgan fingerprint density at radius 2 is 1.63 bits per heavy atom. The molecule has 2 aromatic carbocycles. The summed E-state index contributed by atoms with van der Waals surface area (Å²) in [5, 5.41) is 10.1. The Morgan fingerprint density at radius 3 is 2.26 bits per heavy atom. The second kappa shape index (κ2) is 9.84. The summed E-state index contributed by atoms with van der Waals surface area (Å²) < 4.78 is 29.3. The first-order chi connectivity index (χ1) is 18.2. The lowest BCUT2D eigenvalue weighted by molar-refractivity contribution is -0.118. The molecular weight excluding hydrogens is 528 g/mol. The maximum atomic E-state index is 13.6. The Balaban J connectivity index is 1.63. The molecule has 0 fully saturated rings. The molecule has 5 rings (SSSR count). The molecule has 3 aromatic heterocycles. The van der Waals surface area contributed by atoms with Gasteiger partial charge in [-0.15, -0.1) is 21.5 Å². The molecule has 0 radical (unpaired) electrons. The Bertz CT molecular complexity index is 1860. The van der Waals surface area contributed by atoms with E-state index in [1.165, 1.54) is 8.97 Å². The van der Waals surface area contributed by atoms with Gasteiger partial charge in [0, 0.05) is 6.54 Å². The molecule has 0 atom stereocenters. The SMILES string of the molecule is Cc1c(C(N)=O)sc2c1c(=O)n(Cc1ccccc1)c1nnc(S(=O)(=O)CC(=O)NCc3ccccc3)n21. The maximum Gasteiger partial charge on any atom is 0.264 e. The molecule has 13 heteroatoms. The van der Waals surface area contributed by atoms with Gasteiger partial charge >= 0.3 is 0 Å². The normalized spacial score (nSPS) is 11.7. The lowest BCUT2D eigenvalue weighted by atomic mass is 10.2. The number of nitrogens with two attached hydrogens (primary N) is 1. The monoisotopic (exact) mass is 550 g/mol. The maximum absolute atomic E-state index is 13.6. The standard InChI is InChI=1S/C25H22N6O5S2/c1-15-19-22(34)30(13-17-10-6-3-7-11-17)24-28-29-25(31(24)23(19)37-20(15)21(26)33)38(35,36)14-18(32)27-12-16-8-4-2-5-9-16/h2-11H,12-14H2,1H3,(H2,26,33)(H,27,32). The Hall–Kier alpha value is -4.36. The van der Waals surface area contributed by atoms with Crippen LogP contribution in [0.4, 0.5) is 0 Å². The summed E-state index contributed by atoms with van der Waals surface area (Å²) in [5.74, 6) is -2.39. The van der Waals surface area contributed by atoms with E-state index in [4.69, 9.17) is 5.73 Å². The number of rotatable bonds is 8. The van der Waals surface area contributed by atoms with Crippen LogP contribution in [0.25, 0.3) is 16.0 Å². The number of aryl methyl sites for hydroxylation is 1. The van der Waals surface area contributed by atoms with E-state index >= 15 is 0 Å². The molecule has 0 aliphatic heterocycles. The molecular formula is C25H22N6O5S2. The van der Waals surface area contributed by atoms with Crippen molar-refractivity contribution in [2.24, 2.45) is 5.73 Å². The first-order valence-corrected chi connectivity index (χ1v) is 13.9. The first kappa shape index (κ1) is 25.3. The van der Waals surface area contributed by atoms with Gasteiger partial charge in [0.05, 0.1) is 16.8 Å². The van der Waals surface area contributed by atoms with Gasteiger partial charge in [0.1, 0.15) is 10.6 Å². The summed E-state index contributed by atoms with van der Waals surface area (Å²) in [7, 11) is -4.31. The smallest absolute Gasteiger partial charge is 0.264 e. The topological polar surface area (TPSA) is 159 Å². The molecule has 11 nitrogen and oxygen atoms in total. The first-order valence-electron chi connectivity index (χ1n) is 11.5. The van der Waals surface area contributed by atoms with E-state index in [0.29, 0.717) is 5.56 Å². The molecule has 0 aliphatic rings. The predicted octanol–water partition coefficient (Wildman–Crippen LogP) is 1.65. The van der Waals surface area contributed by atoms with Crippen LogP contribution in [-0.2, 0) is 27.7 Å². The van der Waals surface area contributed by atoms with Crippen molar-refractivity contribution in [3.8, 4) is 0 Å². The van der Waals surface area contributed by atoms with Crippen molar-refractivity contribution >= 4 is 49.0 Å². The minimum Gasteiger partial charge on any atom is -0.365 e. The van der Waals surface area contributed by atoms with E-state index in [2.05, 4.69) is 15.5 Å². The van der Waals surface area contributed by atoms with Crippen molar-refractivity contribution < 1.29 is 18.0 Å². The second-order valence-electron chi connectivity index (χ2n) is 8.62. The van der Waals surface area contributed by atoms with Gasteiger partial charge in [-0.25, -0.2) is 12.8 Å². The quantitative estimate of drug-likeness (QED) is 0.297. The summed E-state index contributed by atoms with van der Waals surface area (Å²) in [5.41, 5.74) is 6.99. The number of benzene rings is 2. The van der Waals surface area contributed by atoms with Gasteiger partial charge in [0.2, 0.25) is 21.5 Å². The van der Waals surface area contributed by atoms with Crippen LogP contribution in [0.1, 0.15) is 26.4 Å². The van der Waals surface area contributed by atoms with Crippen LogP contribution in [0.3, 0.4) is 0 Å². The van der Waals surface area contributed by atoms with Crippen molar-refractivity contribution in [2.75, 3.05) is 5.75 Å². The number of hydrogen-bond acceptors (Lipinski definition) is 8. The second-order valence-corrected chi connectivity index (χ2v) is 11.5. The molecule has 0 saturated heterocycles. The average Bonchev–Trinajstić information content (AvgIpc) is 3.49.